The van der Waals surface area contributed by atoms with Crippen LogP contribution in [0, 0.1) is 6.92 Å². The van der Waals surface area contributed by atoms with Gasteiger partial charge >= 0.3 is 5.97 Å². The highest BCUT2D eigenvalue weighted by Crippen LogP contribution is 2.24. The molecule has 2 aromatic carbocycles. The first-order valence-corrected chi connectivity index (χ1v) is 11.8. The number of amides is 1. The Bertz CT molecular complexity index is 1310. The summed E-state index contributed by atoms with van der Waals surface area (Å²) in [6.07, 6.45) is 1.51. The van der Waals surface area contributed by atoms with Crippen molar-refractivity contribution in [3.05, 3.63) is 99.0 Å². The van der Waals surface area contributed by atoms with Crippen molar-refractivity contribution < 1.29 is 19.1 Å². The second kappa shape index (κ2) is 10.5. The average molecular weight is 473 g/mol. The molecule has 1 aliphatic rings. The zero-order valence-electron chi connectivity index (χ0n) is 19.9. The number of Topliss-reactive ketones (excluding diaryl/α,β-unsaturated/α-hetero) is 1. The van der Waals surface area contributed by atoms with Gasteiger partial charge < -0.3 is 10.1 Å². The summed E-state index contributed by atoms with van der Waals surface area (Å²) < 4.78 is 6.56. The maximum absolute atomic E-state index is 13.6. The van der Waals surface area contributed by atoms with Gasteiger partial charge in [0.05, 0.1) is 19.1 Å². The van der Waals surface area contributed by atoms with E-state index in [2.05, 4.69) is 5.32 Å². The lowest BCUT2D eigenvalue weighted by molar-refractivity contribution is -0.143. The topological polar surface area (TPSA) is 94.5 Å². The molecule has 180 valence electrons. The number of nitrogens with one attached hydrogen (secondary N) is 1. The van der Waals surface area contributed by atoms with E-state index in [9.17, 15) is 19.2 Å². The Morgan fingerprint density at radius 3 is 2.43 bits per heavy atom. The van der Waals surface area contributed by atoms with Gasteiger partial charge in [-0.3, -0.25) is 23.7 Å². The van der Waals surface area contributed by atoms with Gasteiger partial charge in [-0.05, 0) is 50.5 Å². The van der Waals surface area contributed by atoms with Crippen LogP contribution in [0.1, 0.15) is 69.8 Å². The van der Waals surface area contributed by atoms with Gasteiger partial charge in [-0.25, -0.2) is 0 Å². The summed E-state index contributed by atoms with van der Waals surface area (Å²) in [5.74, 6) is -1.19. The van der Waals surface area contributed by atoms with E-state index in [1.165, 1.54) is 10.6 Å². The van der Waals surface area contributed by atoms with Crippen LogP contribution in [-0.2, 0) is 16.0 Å². The Morgan fingerprint density at radius 1 is 1.03 bits per heavy atom. The summed E-state index contributed by atoms with van der Waals surface area (Å²) >= 11 is 0. The molecule has 0 saturated heterocycles. The van der Waals surface area contributed by atoms with Gasteiger partial charge in [-0.2, -0.15) is 0 Å². The van der Waals surface area contributed by atoms with Gasteiger partial charge in [0, 0.05) is 23.4 Å². The van der Waals surface area contributed by atoms with E-state index in [-0.39, 0.29) is 24.4 Å². The van der Waals surface area contributed by atoms with Crippen molar-refractivity contribution in [3.63, 3.8) is 0 Å². The van der Waals surface area contributed by atoms with Gasteiger partial charge in [0.25, 0.3) is 11.5 Å². The van der Waals surface area contributed by atoms with Crippen LogP contribution in [0.5, 0.6) is 0 Å². The van der Waals surface area contributed by atoms with E-state index in [1.54, 1.807) is 31.2 Å². The number of esters is 1. The number of nitrogens with zero attached hydrogens (tertiary/aromatic N) is 1. The fraction of sp³-hybridized carbons (Fsp3) is 0.286. The fourth-order valence-electron chi connectivity index (χ4n) is 4.38. The lowest BCUT2D eigenvalue weighted by Gasteiger charge is -2.23. The number of hydrogen-bond donors (Lipinski definition) is 1. The molecule has 0 saturated carbocycles. The number of para-hydroxylation sites is 1. The van der Waals surface area contributed by atoms with Crippen LogP contribution < -0.4 is 10.9 Å². The summed E-state index contributed by atoms with van der Waals surface area (Å²) in [5, 5.41) is 2.84. The van der Waals surface area contributed by atoms with Crippen molar-refractivity contribution in [2.24, 2.45) is 0 Å². The minimum Gasteiger partial charge on any atom is -0.466 e. The molecule has 1 heterocycles. The molecule has 0 spiro atoms. The number of aryl methyl sites for hydroxylation is 1. The van der Waals surface area contributed by atoms with Crippen LogP contribution in [0.4, 0.5) is 0 Å². The molecule has 1 aliphatic carbocycles. The normalized spacial score (nSPS) is 13.6. The molecule has 35 heavy (non-hydrogen) atoms. The molecular weight excluding hydrogens is 444 g/mol. The van der Waals surface area contributed by atoms with Crippen molar-refractivity contribution in [2.45, 2.75) is 45.6 Å². The number of carbonyl (C=O) groups excluding carboxylic acids is 3. The zero-order chi connectivity index (χ0) is 24.9. The Balaban J connectivity index is 1.76. The number of hydrogen-bond acceptors (Lipinski definition) is 5. The molecule has 1 N–H and O–H groups in total. The predicted molar refractivity (Wildman–Crippen MR) is 132 cm³/mol. The second-order valence-electron chi connectivity index (χ2n) is 8.62. The van der Waals surface area contributed by atoms with Crippen LogP contribution in [-0.4, -0.2) is 28.8 Å². The molecule has 7 heteroatoms. The number of aromatic nitrogens is 1. The van der Waals surface area contributed by atoms with Gasteiger partial charge in [0.1, 0.15) is 5.56 Å². The summed E-state index contributed by atoms with van der Waals surface area (Å²) in [7, 11) is 0. The standard InChI is InChI=1S/C28H28N2O5/c1-3-35-26(32)17-23(19-14-12-18(2)13-15-19)29-27(33)22-16-21-24(10-7-11-25(21)31)30(28(22)34)20-8-5-4-6-9-20/h4-6,8-9,12-16,23H,3,7,10-11,17H2,1-2H3,(H,29,33)/t23-/m0/s1. The first-order valence-electron chi connectivity index (χ1n) is 11.8. The third-order valence-electron chi connectivity index (χ3n) is 6.14. The summed E-state index contributed by atoms with van der Waals surface area (Å²) in [5.41, 5.74) is 2.73. The highest BCUT2D eigenvalue weighted by atomic mass is 16.5. The van der Waals surface area contributed by atoms with E-state index < -0.39 is 23.5 Å². The zero-order valence-corrected chi connectivity index (χ0v) is 19.9. The molecule has 0 fully saturated rings. The van der Waals surface area contributed by atoms with E-state index in [4.69, 9.17) is 4.74 Å². The number of pyridine rings is 1. The quantitative estimate of drug-likeness (QED) is 0.523. The van der Waals surface area contributed by atoms with E-state index in [1.807, 2.05) is 37.3 Å². The first-order chi connectivity index (χ1) is 16.9. The van der Waals surface area contributed by atoms with Crippen molar-refractivity contribution in [3.8, 4) is 5.69 Å². The first kappa shape index (κ1) is 24.1. The number of ether oxygens (including phenoxy) is 1. The molecule has 1 amide bonds. The number of rotatable bonds is 7. The minimum atomic E-state index is -0.696. The molecule has 0 bridgehead atoms. The second-order valence-corrected chi connectivity index (χ2v) is 8.62. The molecule has 1 aromatic heterocycles. The smallest absolute Gasteiger partial charge is 0.308 e. The van der Waals surface area contributed by atoms with Crippen molar-refractivity contribution in [1.29, 1.82) is 0 Å². The number of ketones is 1. The highest BCUT2D eigenvalue weighted by molar-refractivity contribution is 6.02. The third kappa shape index (κ3) is 5.24. The van der Waals surface area contributed by atoms with E-state index >= 15 is 0 Å². The monoisotopic (exact) mass is 472 g/mol. The van der Waals surface area contributed by atoms with Gasteiger partial charge in [0.15, 0.2) is 5.78 Å². The van der Waals surface area contributed by atoms with Crippen LogP contribution in [0.2, 0.25) is 0 Å². The summed E-state index contributed by atoms with van der Waals surface area (Å²) in [6.45, 7) is 3.88. The van der Waals surface area contributed by atoms with E-state index in [0.29, 0.717) is 36.2 Å². The Hall–Kier alpha value is -4.00. The SMILES string of the molecule is CCOC(=O)C[C@H](NC(=O)c1cc2c(n(-c3ccccc3)c1=O)CCCC2=O)c1ccc(C)cc1. The predicted octanol–water partition coefficient (Wildman–Crippen LogP) is 4.09. The van der Waals surface area contributed by atoms with Crippen LogP contribution in [0.3, 0.4) is 0 Å². The summed E-state index contributed by atoms with van der Waals surface area (Å²) in [6, 6.07) is 17.1. The lowest BCUT2D eigenvalue weighted by atomic mass is 9.92. The van der Waals surface area contributed by atoms with Gasteiger partial charge in [0.2, 0.25) is 0 Å². The van der Waals surface area contributed by atoms with Gasteiger partial charge in [-0.15, -0.1) is 0 Å². The van der Waals surface area contributed by atoms with Crippen LogP contribution in [0.25, 0.3) is 5.69 Å². The van der Waals surface area contributed by atoms with Crippen molar-refractivity contribution >= 4 is 17.7 Å². The largest absolute Gasteiger partial charge is 0.466 e. The molecule has 1 atom stereocenters. The Morgan fingerprint density at radius 2 is 1.74 bits per heavy atom. The van der Waals surface area contributed by atoms with Crippen LogP contribution >= 0.6 is 0 Å². The molecule has 0 radical (unpaired) electrons. The molecule has 0 aliphatic heterocycles. The average Bonchev–Trinajstić information content (AvgIpc) is 2.84. The number of benzene rings is 2. The van der Waals surface area contributed by atoms with Crippen LogP contribution in [0.15, 0.2) is 65.5 Å². The molecule has 0 unspecified atom stereocenters. The van der Waals surface area contributed by atoms with Crippen molar-refractivity contribution in [2.75, 3.05) is 6.61 Å². The third-order valence-corrected chi connectivity index (χ3v) is 6.14. The van der Waals surface area contributed by atoms with Gasteiger partial charge in [-0.1, -0.05) is 48.0 Å². The number of carbonyl (C=O) groups is 3. The summed E-state index contributed by atoms with van der Waals surface area (Å²) in [4.78, 5) is 52.0. The molecule has 4 rings (SSSR count). The molecule has 7 nitrogen and oxygen atoms in total. The van der Waals surface area contributed by atoms with Crippen molar-refractivity contribution in [1.82, 2.24) is 9.88 Å². The Labute approximate surface area is 203 Å². The fourth-order valence-corrected chi connectivity index (χ4v) is 4.38. The maximum atomic E-state index is 13.6. The lowest BCUT2D eigenvalue weighted by Crippen LogP contribution is -2.38. The highest BCUT2D eigenvalue weighted by Gasteiger charge is 2.28. The molecule has 3 aromatic rings. The molecular formula is C28H28N2O5. The van der Waals surface area contributed by atoms with E-state index in [0.717, 1.165) is 11.1 Å². The Kier molecular flexibility index (Phi) is 7.25. The maximum Gasteiger partial charge on any atom is 0.308 e. The number of fused-ring (bicyclic) bond motifs is 1. The minimum absolute atomic E-state index is 0.0839.